The molecule has 1 unspecified atom stereocenters. The lowest BCUT2D eigenvalue weighted by Crippen LogP contribution is -2.49. The van der Waals surface area contributed by atoms with Crippen molar-refractivity contribution in [3.63, 3.8) is 0 Å². The van der Waals surface area contributed by atoms with Crippen molar-refractivity contribution in [2.75, 3.05) is 31.9 Å². The summed E-state index contributed by atoms with van der Waals surface area (Å²) in [5, 5.41) is 7.19. The highest BCUT2D eigenvalue weighted by Gasteiger charge is 2.25. The van der Waals surface area contributed by atoms with Gasteiger partial charge in [0.05, 0.1) is 6.54 Å². The zero-order valence-corrected chi connectivity index (χ0v) is 16.3. The summed E-state index contributed by atoms with van der Waals surface area (Å²) in [5.41, 5.74) is 0. The van der Waals surface area contributed by atoms with E-state index in [0.29, 0.717) is 30.2 Å². The first kappa shape index (κ1) is 19.4. The smallest absolute Gasteiger partial charge is 0.222 e. The molecular weight excluding hydrogens is 320 g/mol. The Kier molecular flexibility index (Phi) is 8.22. The number of carbonyl (C=O) groups is 1. The monoisotopic (exact) mass is 354 g/mol. The normalized spacial score (nSPS) is 22.9. The number of hydrogen-bond acceptors (Lipinski definition) is 3. The second-order valence-corrected chi connectivity index (χ2v) is 8.48. The molecule has 2 fully saturated rings. The van der Waals surface area contributed by atoms with E-state index in [9.17, 15) is 4.79 Å². The third kappa shape index (κ3) is 6.19. The van der Waals surface area contributed by atoms with Crippen LogP contribution in [0.25, 0.3) is 0 Å². The quantitative estimate of drug-likeness (QED) is 0.568. The predicted molar refractivity (Wildman–Crippen MR) is 104 cm³/mol. The Hall–Kier alpha value is -0.910. The second kappa shape index (κ2) is 10.2. The maximum absolute atomic E-state index is 12.0. The fourth-order valence-electron chi connectivity index (χ4n) is 3.33. The van der Waals surface area contributed by atoms with E-state index < -0.39 is 0 Å². The average Bonchev–Trinajstić information content (AvgIpc) is 3.07. The summed E-state index contributed by atoms with van der Waals surface area (Å²) in [6.45, 7) is 10.2. The Balaban J connectivity index is 1.82. The van der Waals surface area contributed by atoms with Gasteiger partial charge in [-0.2, -0.15) is 11.8 Å². The van der Waals surface area contributed by atoms with Gasteiger partial charge in [0, 0.05) is 43.1 Å². The van der Waals surface area contributed by atoms with Crippen molar-refractivity contribution >= 4 is 23.6 Å². The number of nitrogens with zero attached hydrogens (tertiary/aromatic N) is 2. The molecule has 1 amide bonds. The van der Waals surface area contributed by atoms with Crippen LogP contribution in [0.15, 0.2) is 4.99 Å². The van der Waals surface area contributed by atoms with Gasteiger partial charge < -0.3 is 15.5 Å². The molecule has 0 spiro atoms. The zero-order chi connectivity index (χ0) is 17.4. The molecule has 0 aromatic carbocycles. The van der Waals surface area contributed by atoms with E-state index >= 15 is 0 Å². The third-order valence-electron chi connectivity index (χ3n) is 4.79. The van der Waals surface area contributed by atoms with Gasteiger partial charge in [-0.25, -0.2) is 0 Å². The molecule has 1 atom stereocenters. The molecule has 2 aliphatic rings. The Morgan fingerprint density at radius 1 is 1.33 bits per heavy atom. The number of guanidine groups is 1. The maximum Gasteiger partial charge on any atom is 0.222 e. The number of thioether (sulfide) groups is 1. The lowest BCUT2D eigenvalue weighted by molar-refractivity contribution is -0.121. The van der Waals surface area contributed by atoms with Crippen molar-refractivity contribution in [1.29, 1.82) is 0 Å². The first-order valence-corrected chi connectivity index (χ1v) is 10.6. The van der Waals surface area contributed by atoms with Crippen LogP contribution in [0.3, 0.4) is 0 Å². The van der Waals surface area contributed by atoms with Gasteiger partial charge in [-0.05, 0) is 25.7 Å². The van der Waals surface area contributed by atoms with Crippen molar-refractivity contribution in [1.82, 2.24) is 15.5 Å². The van der Waals surface area contributed by atoms with Gasteiger partial charge in [0.25, 0.3) is 0 Å². The zero-order valence-electron chi connectivity index (χ0n) is 15.5. The van der Waals surface area contributed by atoms with Crippen LogP contribution >= 0.6 is 11.8 Å². The molecule has 2 rings (SSSR count). The molecule has 1 aliphatic heterocycles. The van der Waals surface area contributed by atoms with Gasteiger partial charge >= 0.3 is 0 Å². The van der Waals surface area contributed by atoms with E-state index in [-0.39, 0.29) is 5.91 Å². The minimum absolute atomic E-state index is 0.149. The summed E-state index contributed by atoms with van der Waals surface area (Å²) in [6.07, 6.45) is 5.26. The van der Waals surface area contributed by atoms with Crippen LogP contribution in [-0.4, -0.2) is 60.0 Å². The number of hydrogen-bond donors (Lipinski definition) is 2. The number of carbonyl (C=O) groups excluding carboxylic acids is 1. The lowest BCUT2D eigenvalue weighted by atomic mass is 10.1. The minimum atomic E-state index is 0.149. The van der Waals surface area contributed by atoms with Crippen molar-refractivity contribution < 1.29 is 4.79 Å². The Morgan fingerprint density at radius 3 is 2.75 bits per heavy atom. The van der Waals surface area contributed by atoms with Gasteiger partial charge in [-0.3, -0.25) is 9.79 Å². The number of aliphatic imine (C=N–C) groups is 1. The summed E-state index contributed by atoms with van der Waals surface area (Å²) < 4.78 is 0. The standard InChI is InChI=1S/C18H34N4OS/c1-4-19-18(22-11-12-24-16(13-22)14(2)3)20-10-9-17(23)21-15-7-5-6-8-15/h14-16H,4-13H2,1-3H3,(H,19,20)(H,21,23). The summed E-state index contributed by atoms with van der Waals surface area (Å²) in [6, 6.07) is 0.403. The topological polar surface area (TPSA) is 56.7 Å². The van der Waals surface area contributed by atoms with E-state index in [1.165, 1.54) is 12.8 Å². The molecule has 1 heterocycles. The van der Waals surface area contributed by atoms with Crippen LogP contribution in [0.1, 0.15) is 52.9 Å². The fraction of sp³-hybridized carbons (Fsp3) is 0.889. The summed E-state index contributed by atoms with van der Waals surface area (Å²) in [4.78, 5) is 19.1. The molecule has 1 saturated heterocycles. The summed E-state index contributed by atoms with van der Waals surface area (Å²) in [7, 11) is 0. The van der Waals surface area contributed by atoms with Crippen molar-refractivity contribution in [2.24, 2.45) is 10.9 Å². The van der Waals surface area contributed by atoms with E-state index in [0.717, 1.165) is 44.2 Å². The maximum atomic E-state index is 12.0. The second-order valence-electron chi connectivity index (χ2n) is 7.13. The first-order valence-electron chi connectivity index (χ1n) is 9.54. The predicted octanol–water partition coefficient (Wildman–Crippen LogP) is 2.47. The van der Waals surface area contributed by atoms with Crippen LogP contribution in [0.5, 0.6) is 0 Å². The van der Waals surface area contributed by atoms with E-state index in [2.05, 4.69) is 48.1 Å². The van der Waals surface area contributed by atoms with E-state index in [1.807, 2.05) is 0 Å². The Morgan fingerprint density at radius 2 is 2.08 bits per heavy atom. The van der Waals surface area contributed by atoms with E-state index in [1.54, 1.807) is 0 Å². The van der Waals surface area contributed by atoms with Gasteiger partial charge in [-0.15, -0.1) is 0 Å². The van der Waals surface area contributed by atoms with Crippen molar-refractivity contribution in [3.8, 4) is 0 Å². The van der Waals surface area contributed by atoms with Gasteiger partial charge in [0.2, 0.25) is 5.91 Å². The van der Waals surface area contributed by atoms with E-state index in [4.69, 9.17) is 4.99 Å². The minimum Gasteiger partial charge on any atom is -0.357 e. The molecule has 6 heteroatoms. The van der Waals surface area contributed by atoms with Gasteiger partial charge in [0.1, 0.15) is 0 Å². The lowest BCUT2D eigenvalue weighted by Gasteiger charge is -2.36. The third-order valence-corrected chi connectivity index (χ3v) is 6.33. The molecule has 0 bridgehead atoms. The molecule has 0 radical (unpaired) electrons. The number of rotatable bonds is 6. The fourth-order valence-corrected chi connectivity index (χ4v) is 4.63. The molecule has 2 N–H and O–H groups in total. The molecule has 5 nitrogen and oxygen atoms in total. The van der Waals surface area contributed by atoms with Crippen LogP contribution in [0, 0.1) is 5.92 Å². The Labute approximate surface area is 151 Å². The molecule has 138 valence electrons. The first-order chi connectivity index (χ1) is 11.6. The van der Waals surface area contributed by atoms with Crippen LogP contribution in [0.4, 0.5) is 0 Å². The highest BCUT2D eigenvalue weighted by molar-refractivity contribution is 8.00. The van der Waals surface area contributed by atoms with Crippen LogP contribution < -0.4 is 10.6 Å². The highest BCUT2D eigenvalue weighted by atomic mass is 32.2. The SMILES string of the molecule is CCNC(=NCCC(=O)NC1CCCC1)N1CCSC(C(C)C)C1. The molecule has 0 aromatic rings. The summed E-state index contributed by atoms with van der Waals surface area (Å²) in [5.74, 6) is 2.95. The molecular formula is C18H34N4OS. The van der Waals surface area contributed by atoms with Crippen molar-refractivity contribution in [3.05, 3.63) is 0 Å². The van der Waals surface area contributed by atoms with Crippen molar-refractivity contribution in [2.45, 2.75) is 64.2 Å². The van der Waals surface area contributed by atoms with Crippen LogP contribution in [-0.2, 0) is 4.79 Å². The average molecular weight is 355 g/mol. The molecule has 0 aromatic heterocycles. The number of amides is 1. The largest absolute Gasteiger partial charge is 0.357 e. The van der Waals surface area contributed by atoms with Crippen LogP contribution in [0.2, 0.25) is 0 Å². The number of nitrogens with one attached hydrogen (secondary N) is 2. The molecule has 1 saturated carbocycles. The highest BCUT2D eigenvalue weighted by Crippen LogP contribution is 2.24. The van der Waals surface area contributed by atoms with Gasteiger partial charge in [0.15, 0.2) is 5.96 Å². The van der Waals surface area contributed by atoms with Gasteiger partial charge in [-0.1, -0.05) is 26.7 Å². The molecule has 24 heavy (non-hydrogen) atoms. The summed E-state index contributed by atoms with van der Waals surface area (Å²) >= 11 is 2.07. The Bertz CT molecular complexity index is 421. The molecule has 1 aliphatic carbocycles.